The van der Waals surface area contributed by atoms with Crippen molar-refractivity contribution in [2.24, 2.45) is 10.8 Å². The van der Waals surface area contributed by atoms with E-state index in [1.807, 2.05) is 43.4 Å². The van der Waals surface area contributed by atoms with Crippen molar-refractivity contribution in [3.63, 3.8) is 0 Å². The van der Waals surface area contributed by atoms with Gasteiger partial charge in [0.05, 0.1) is 10.8 Å². The van der Waals surface area contributed by atoms with Gasteiger partial charge in [0, 0.05) is 0 Å². The van der Waals surface area contributed by atoms with Gasteiger partial charge < -0.3 is 9.47 Å². The van der Waals surface area contributed by atoms with Crippen molar-refractivity contribution in [3.8, 4) is 0 Å². The van der Waals surface area contributed by atoms with Gasteiger partial charge >= 0.3 is 11.9 Å². The molecule has 0 aromatic heterocycles. The van der Waals surface area contributed by atoms with Gasteiger partial charge in [-0.2, -0.15) is 0 Å². The molecule has 0 aromatic carbocycles. The van der Waals surface area contributed by atoms with Crippen LogP contribution in [0.4, 0.5) is 0 Å². The van der Waals surface area contributed by atoms with E-state index in [1.54, 1.807) is 20.8 Å². The molecular weight excluding hydrogens is 370 g/mol. The monoisotopic (exact) mass is 392 g/mol. The maximum Gasteiger partial charge on any atom is 0.312 e. The molecule has 0 bridgehead atoms. The highest BCUT2D eigenvalue weighted by Crippen LogP contribution is 2.15. The van der Waals surface area contributed by atoms with E-state index in [-0.39, 0.29) is 23.4 Å². The second kappa shape index (κ2) is 8.96. The molecule has 0 saturated heterocycles. The van der Waals surface area contributed by atoms with Gasteiger partial charge in [0.1, 0.15) is 4.61 Å². The Hall–Kier alpha value is -0.0400. The zero-order chi connectivity index (χ0) is 15.0. The molecule has 0 spiro atoms. The van der Waals surface area contributed by atoms with Crippen molar-refractivity contribution in [3.05, 3.63) is 0 Å². The fourth-order valence-electron chi connectivity index (χ4n) is 0.532. The van der Waals surface area contributed by atoms with Gasteiger partial charge in [0.2, 0.25) is 0 Å². The Labute approximate surface area is 128 Å². The van der Waals surface area contributed by atoms with Gasteiger partial charge in [-0.3, -0.25) is 9.59 Å². The van der Waals surface area contributed by atoms with Gasteiger partial charge in [-0.05, 0) is 64.1 Å². The van der Waals surface area contributed by atoms with Crippen LogP contribution in [0.3, 0.4) is 0 Å². The minimum Gasteiger partial charge on any atom is -0.455 e. The Kier molecular flexibility index (Phi) is 10.1. The molecule has 0 aromatic rings. The van der Waals surface area contributed by atoms with E-state index in [4.69, 9.17) is 16.3 Å². The van der Waals surface area contributed by atoms with Crippen LogP contribution < -0.4 is 0 Å². The van der Waals surface area contributed by atoms with Crippen LogP contribution in [0.2, 0.25) is 0 Å². The highest BCUT2D eigenvalue weighted by Gasteiger charge is 2.22. The van der Waals surface area contributed by atoms with Crippen LogP contribution in [-0.2, 0) is 19.1 Å². The molecule has 0 aliphatic heterocycles. The highest BCUT2D eigenvalue weighted by atomic mass is 127. The summed E-state index contributed by atoms with van der Waals surface area (Å²) in [4.78, 5) is 21.6. The third-order valence-electron chi connectivity index (χ3n) is 1.60. The number of esters is 2. The maximum absolute atomic E-state index is 10.8. The van der Waals surface area contributed by atoms with E-state index in [0.717, 1.165) is 0 Å². The van der Waals surface area contributed by atoms with Crippen molar-refractivity contribution in [1.29, 1.82) is 0 Å². The molecule has 108 valence electrons. The molecule has 0 radical (unpaired) electrons. The van der Waals surface area contributed by atoms with Crippen LogP contribution >= 0.6 is 34.2 Å². The summed E-state index contributed by atoms with van der Waals surface area (Å²) in [7, 11) is 0. The number of alkyl halides is 2. The van der Waals surface area contributed by atoms with Gasteiger partial charge in [-0.15, -0.1) is 0 Å². The number of halogens is 2. The van der Waals surface area contributed by atoms with Gasteiger partial charge in [0.15, 0.2) is 6.07 Å². The molecule has 0 N–H and O–H groups in total. The standard InChI is InChI=1S/C6H11ClO2.C6H11IO2/c2*1-6(2,3)5(8)9-4-7/h2*4H2,1-3H3. The van der Waals surface area contributed by atoms with Crippen LogP contribution in [0, 0.1) is 10.8 Å². The fraction of sp³-hybridized carbons (Fsp3) is 0.833. The summed E-state index contributed by atoms with van der Waals surface area (Å²) in [6.45, 7) is 10.8. The Morgan fingerprint density at radius 2 is 1.28 bits per heavy atom. The zero-order valence-electron chi connectivity index (χ0n) is 11.8. The second-order valence-corrected chi connectivity index (χ2v) is 6.42. The molecule has 0 aliphatic rings. The van der Waals surface area contributed by atoms with E-state index in [0.29, 0.717) is 4.61 Å². The van der Waals surface area contributed by atoms with Crippen molar-refractivity contribution in [2.75, 3.05) is 10.7 Å². The van der Waals surface area contributed by atoms with E-state index in [1.165, 1.54) is 0 Å². The maximum atomic E-state index is 10.8. The number of hydrogen-bond acceptors (Lipinski definition) is 4. The molecule has 0 heterocycles. The summed E-state index contributed by atoms with van der Waals surface area (Å²) in [6, 6.07) is -0.0594. The Balaban J connectivity index is 0. The number of rotatable bonds is 2. The molecule has 0 rings (SSSR count). The van der Waals surface area contributed by atoms with E-state index in [2.05, 4.69) is 4.74 Å². The molecule has 6 heteroatoms. The average Bonchev–Trinajstić information content (AvgIpc) is 2.16. The van der Waals surface area contributed by atoms with Gasteiger partial charge in [-0.1, -0.05) is 11.6 Å². The second-order valence-electron chi connectivity index (χ2n) is 5.58. The predicted octanol–water partition coefficient (Wildman–Crippen LogP) is 3.74. The SMILES string of the molecule is CC(C)(C)C(=O)OCCl.CC(C)(C)C(=O)OCI. The number of ether oxygens (including phenoxy) is 2. The minimum atomic E-state index is -0.436. The summed E-state index contributed by atoms with van der Waals surface area (Å²) in [5.41, 5.74) is -0.792. The van der Waals surface area contributed by atoms with Crippen molar-refractivity contribution in [2.45, 2.75) is 41.5 Å². The van der Waals surface area contributed by atoms with Gasteiger partial charge in [-0.25, -0.2) is 0 Å². The van der Waals surface area contributed by atoms with Crippen LogP contribution in [0.15, 0.2) is 0 Å². The number of carbonyl (C=O) groups is 2. The first-order chi connectivity index (χ1) is 7.96. The van der Waals surface area contributed by atoms with Crippen LogP contribution in [0.5, 0.6) is 0 Å². The topological polar surface area (TPSA) is 52.6 Å². The number of carbonyl (C=O) groups excluding carboxylic acids is 2. The summed E-state index contributed by atoms with van der Waals surface area (Å²) >= 11 is 7.16. The quantitative estimate of drug-likeness (QED) is 0.408. The van der Waals surface area contributed by atoms with E-state index < -0.39 is 5.41 Å². The molecule has 0 aliphatic carbocycles. The van der Waals surface area contributed by atoms with Crippen molar-refractivity contribution < 1.29 is 19.1 Å². The first-order valence-electron chi connectivity index (χ1n) is 5.43. The van der Waals surface area contributed by atoms with Crippen LogP contribution in [-0.4, -0.2) is 22.6 Å². The lowest BCUT2D eigenvalue weighted by Gasteiger charge is -2.14. The summed E-state index contributed by atoms with van der Waals surface area (Å²) in [6.07, 6.45) is 0. The lowest BCUT2D eigenvalue weighted by Crippen LogP contribution is -2.22. The largest absolute Gasteiger partial charge is 0.455 e. The van der Waals surface area contributed by atoms with E-state index >= 15 is 0 Å². The molecule has 0 atom stereocenters. The zero-order valence-corrected chi connectivity index (χ0v) is 14.7. The van der Waals surface area contributed by atoms with Crippen molar-refractivity contribution in [1.82, 2.24) is 0 Å². The highest BCUT2D eigenvalue weighted by molar-refractivity contribution is 14.1. The minimum absolute atomic E-state index is 0.0594. The van der Waals surface area contributed by atoms with Gasteiger partial charge in [0.25, 0.3) is 0 Å². The average molecular weight is 393 g/mol. The smallest absolute Gasteiger partial charge is 0.312 e. The van der Waals surface area contributed by atoms with Crippen molar-refractivity contribution >= 4 is 46.1 Å². The molecular formula is C12H22ClIO4. The molecule has 4 nitrogen and oxygen atoms in total. The third-order valence-corrected chi connectivity index (χ3v) is 2.02. The summed E-state index contributed by atoms with van der Waals surface area (Å²) in [5, 5.41) is 0. The number of hydrogen-bond donors (Lipinski definition) is 0. The summed E-state index contributed by atoms with van der Waals surface area (Å²) in [5.74, 6) is -0.408. The molecule has 0 fully saturated rings. The predicted molar refractivity (Wildman–Crippen MR) is 80.7 cm³/mol. The molecule has 0 amide bonds. The first-order valence-corrected chi connectivity index (χ1v) is 7.49. The molecule has 0 unspecified atom stereocenters. The fourth-order valence-corrected chi connectivity index (χ4v) is 0.914. The molecule has 18 heavy (non-hydrogen) atoms. The Morgan fingerprint density at radius 3 is 1.39 bits per heavy atom. The van der Waals surface area contributed by atoms with E-state index in [9.17, 15) is 9.59 Å². The lowest BCUT2D eigenvalue weighted by atomic mass is 9.98. The summed E-state index contributed by atoms with van der Waals surface area (Å²) < 4.78 is 9.73. The van der Waals surface area contributed by atoms with Crippen LogP contribution in [0.1, 0.15) is 41.5 Å². The normalized spacial score (nSPS) is 11.1. The Morgan fingerprint density at radius 1 is 0.944 bits per heavy atom. The first kappa shape index (κ1) is 20.3. The molecule has 0 saturated carbocycles. The lowest BCUT2D eigenvalue weighted by molar-refractivity contribution is -0.151. The van der Waals surface area contributed by atoms with Crippen LogP contribution in [0.25, 0.3) is 0 Å². The third kappa shape index (κ3) is 11.1. The Bertz CT molecular complexity index is 238.